The minimum Gasteiger partial charge on any atom is -0.355 e. The Labute approximate surface area is 146 Å². The maximum Gasteiger partial charge on any atom is 0.254 e. The molecule has 1 amide bonds. The van der Waals surface area contributed by atoms with Gasteiger partial charge in [0, 0.05) is 23.7 Å². The van der Waals surface area contributed by atoms with E-state index in [-0.39, 0.29) is 5.91 Å². The zero-order valence-electron chi connectivity index (χ0n) is 14.0. The van der Waals surface area contributed by atoms with Crippen LogP contribution in [0.2, 0.25) is 0 Å². The van der Waals surface area contributed by atoms with E-state index in [4.69, 9.17) is 4.52 Å². The lowest BCUT2D eigenvalue weighted by molar-refractivity contribution is 0.0735. The first-order valence-electron chi connectivity index (χ1n) is 9.05. The number of aromatic nitrogens is 1. The molecule has 0 saturated heterocycles. The van der Waals surface area contributed by atoms with Gasteiger partial charge in [0.2, 0.25) is 0 Å². The third kappa shape index (κ3) is 2.82. The van der Waals surface area contributed by atoms with Crippen LogP contribution in [0.5, 0.6) is 0 Å². The Morgan fingerprint density at radius 1 is 1.08 bits per heavy atom. The van der Waals surface area contributed by atoms with Gasteiger partial charge in [0.05, 0.1) is 5.39 Å². The molecule has 2 aromatic carbocycles. The lowest BCUT2D eigenvalue weighted by Crippen LogP contribution is -2.34. The fourth-order valence-electron chi connectivity index (χ4n) is 3.40. The van der Waals surface area contributed by atoms with Gasteiger partial charge in [-0.3, -0.25) is 4.79 Å². The fraction of sp³-hybridized carbons (Fsp3) is 0.333. The predicted octanol–water partition coefficient (Wildman–Crippen LogP) is 4.51. The molecule has 0 atom stereocenters. The zero-order valence-corrected chi connectivity index (χ0v) is 14.0. The number of benzene rings is 2. The first kappa shape index (κ1) is 14.7. The van der Waals surface area contributed by atoms with E-state index < -0.39 is 0 Å². The molecular formula is C21H20N2O2. The third-order valence-electron chi connectivity index (χ3n) is 5.16. The van der Waals surface area contributed by atoms with Crippen molar-refractivity contribution in [2.45, 2.75) is 31.7 Å². The maximum atomic E-state index is 13.1. The van der Waals surface area contributed by atoms with Crippen LogP contribution in [0.3, 0.4) is 0 Å². The molecule has 4 heteroatoms. The van der Waals surface area contributed by atoms with E-state index in [1.807, 2.05) is 48.5 Å². The molecule has 25 heavy (non-hydrogen) atoms. The summed E-state index contributed by atoms with van der Waals surface area (Å²) < 4.78 is 5.56. The number of fused-ring (bicyclic) bond motifs is 1. The van der Waals surface area contributed by atoms with E-state index in [1.54, 1.807) is 0 Å². The van der Waals surface area contributed by atoms with Gasteiger partial charge < -0.3 is 9.42 Å². The molecule has 2 aliphatic carbocycles. The van der Waals surface area contributed by atoms with Crippen LogP contribution in [0.15, 0.2) is 53.1 Å². The van der Waals surface area contributed by atoms with Gasteiger partial charge in [0.1, 0.15) is 5.52 Å². The minimum absolute atomic E-state index is 0.150. The highest BCUT2D eigenvalue weighted by molar-refractivity contribution is 6.01. The number of carbonyl (C=O) groups excluding carboxylic acids is 1. The highest BCUT2D eigenvalue weighted by Crippen LogP contribution is 2.36. The van der Waals surface area contributed by atoms with Crippen LogP contribution in [0.4, 0.5) is 0 Å². The van der Waals surface area contributed by atoms with Crippen molar-refractivity contribution in [3.8, 4) is 11.3 Å². The number of hydrogen-bond acceptors (Lipinski definition) is 3. The summed E-state index contributed by atoms with van der Waals surface area (Å²) in [4.78, 5) is 15.2. The van der Waals surface area contributed by atoms with E-state index in [2.05, 4.69) is 10.1 Å². The van der Waals surface area contributed by atoms with E-state index in [1.165, 1.54) is 12.8 Å². The molecule has 0 radical (unpaired) electrons. The van der Waals surface area contributed by atoms with Crippen LogP contribution >= 0.6 is 0 Å². The fourth-order valence-corrected chi connectivity index (χ4v) is 3.40. The van der Waals surface area contributed by atoms with Crippen molar-refractivity contribution in [1.82, 2.24) is 10.1 Å². The quantitative estimate of drug-likeness (QED) is 0.690. The number of nitrogens with zero attached hydrogens (tertiary/aromatic N) is 2. The molecule has 0 spiro atoms. The third-order valence-corrected chi connectivity index (χ3v) is 5.16. The maximum absolute atomic E-state index is 13.1. The van der Waals surface area contributed by atoms with Crippen LogP contribution in [0.25, 0.3) is 22.2 Å². The second kappa shape index (κ2) is 5.73. The number of rotatable bonds is 5. The normalized spacial score (nSPS) is 17.0. The average Bonchev–Trinajstić information content (AvgIpc) is 3.57. The number of amides is 1. The lowest BCUT2D eigenvalue weighted by Gasteiger charge is -2.22. The SMILES string of the molecule is O=C(c1ccc2noc(-c3ccccc3)c2c1)N(CC1CC1)C1CC1. The average molecular weight is 332 g/mol. The molecular weight excluding hydrogens is 312 g/mol. The number of hydrogen-bond donors (Lipinski definition) is 0. The predicted molar refractivity (Wildman–Crippen MR) is 96.2 cm³/mol. The van der Waals surface area contributed by atoms with Gasteiger partial charge in [-0.05, 0) is 49.8 Å². The molecule has 126 valence electrons. The summed E-state index contributed by atoms with van der Waals surface area (Å²) >= 11 is 0. The lowest BCUT2D eigenvalue weighted by atomic mass is 10.1. The standard InChI is InChI=1S/C21H20N2O2/c24-21(23(17-9-10-17)13-14-6-7-14)16-8-11-19-18(12-16)20(25-22-19)15-4-2-1-3-5-15/h1-5,8,11-12,14,17H,6-7,9-10,13H2. The smallest absolute Gasteiger partial charge is 0.254 e. The van der Waals surface area contributed by atoms with E-state index in [0.29, 0.717) is 12.0 Å². The van der Waals surface area contributed by atoms with Crippen LogP contribution in [0.1, 0.15) is 36.0 Å². The van der Waals surface area contributed by atoms with Crippen LogP contribution in [-0.2, 0) is 0 Å². The van der Waals surface area contributed by atoms with Crippen molar-refractivity contribution in [2.24, 2.45) is 5.92 Å². The highest BCUT2D eigenvalue weighted by Gasteiger charge is 2.37. The highest BCUT2D eigenvalue weighted by atomic mass is 16.5. The Morgan fingerprint density at radius 3 is 2.60 bits per heavy atom. The van der Waals surface area contributed by atoms with Crippen molar-refractivity contribution in [3.05, 3.63) is 54.1 Å². The van der Waals surface area contributed by atoms with Crippen LogP contribution in [0, 0.1) is 5.92 Å². The number of carbonyl (C=O) groups is 1. The van der Waals surface area contributed by atoms with Crippen molar-refractivity contribution < 1.29 is 9.32 Å². The molecule has 2 saturated carbocycles. The van der Waals surface area contributed by atoms with E-state index >= 15 is 0 Å². The van der Waals surface area contributed by atoms with Gasteiger partial charge >= 0.3 is 0 Å². The zero-order chi connectivity index (χ0) is 16.8. The molecule has 1 aromatic heterocycles. The molecule has 1 heterocycles. The monoisotopic (exact) mass is 332 g/mol. The van der Waals surface area contributed by atoms with Gasteiger partial charge in [-0.2, -0.15) is 0 Å². The molecule has 2 aliphatic rings. The molecule has 5 rings (SSSR count). The Bertz CT molecular complexity index is 923. The van der Waals surface area contributed by atoms with Crippen molar-refractivity contribution in [2.75, 3.05) is 6.54 Å². The topological polar surface area (TPSA) is 46.3 Å². The van der Waals surface area contributed by atoms with Crippen LogP contribution in [-0.4, -0.2) is 28.6 Å². The van der Waals surface area contributed by atoms with Gasteiger partial charge in [-0.15, -0.1) is 0 Å². The molecule has 2 fully saturated rings. The Hall–Kier alpha value is -2.62. The first-order valence-corrected chi connectivity index (χ1v) is 9.05. The van der Waals surface area contributed by atoms with Gasteiger partial charge in [0.15, 0.2) is 5.76 Å². The van der Waals surface area contributed by atoms with Crippen LogP contribution < -0.4 is 0 Å². The summed E-state index contributed by atoms with van der Waals surface area (Å²) in [6, 6.07) is 16.1. The molecule has 3 aromatic rings. The Kier molecular flexibility index (Phi) is 3.37. The van der Waals surface area contributed by atoms with Crippen molar-refractivity contribution in [1.29, 1.82) is 0 Å². The van der Waals surface area contributed by atoms with Crippen molar-refractivity contribution >= 4 is 16.8 Å². The summed E-state index contributed by atoms with van der Waals surface area (Å²) in [5.74, 6) is 1.59. The van der Waals surface area contributed by atoms with Crippen molar-refractivity contribution in [3.63, 3.8) is 0 Å². The van der Waals surface area contributed by atoms with Gasteiger partial charge in [-0.25, -0.2) is 0 Å². The van der Waals surface area contributed by atoms with E-state index in [9.17, 15) is 4.79 Å². The molecule has 4 nitrogen and oxygen atoms in total. The molecule has 0 bridgehead atoms. The van der Waals surface area contributed by atoms with Gasteiger partial charge in [0.25, 0.3) is 5.91 Å². The minimum atomic E-state index is 0.150. The summed E-state index contributed by atoms with van der Waals surface area (Å²) in [6.07, 6.45) is 4.81. The second-order valence-corrected chi connectivity index (χ2v) is 7.24. The Balaban J connectivity index is 1.52. The van der Waals surface area contributed by atoms with Gasteiger partial charge in [-0.1, -0.05) is 35.5 Å². The second-order valence-electron chi connectivity index (χ2n) is 7.24. The molecule has 0 aliphatic heterocycles. The summed E-state index contributed by atoms with van der Waals surface area (Å²) in [6.45, 7) is 0.913. The molecule has 0 unspecified atom stereocenters. The summed E-state index contributed by atoms with van der Waals surface area (Å²) in [5, 5.41) is 5.05. The first-order chi connectivity index (χ1) is 12.3. The summed E-state index contributed by atoms with van der Waals surface area (Å²) in [5.41, 5.74) is 2.50. The largest absolute Gasteiger partial charge is 0.355 e. The molecule has 0 N–H and O–H groups in total. The Morgan fingerprint density at radius 2 is 1.88 bits per heavy atom. The van der Waals surface area contributed by atoms with E-state index in [0.717, 1.165) is 47.2 Å². The summed E-state index contributed by atoms with van der Waals surface area (Å²) in [7, 11) is 0.